The molecule has 0 bridgehead atoms. The number of nitro groups is 1. The number of para-hydroxylation sites is 1. The van der Waals surface area contributed by atoms with E-state index >= 15 is 0 Å². The Morgan fingerprint density at radius 2 is 2.05 bits per heavy atom. The highest BCUT2D eigenvalue weighted by molar-refractivity contribution is 7.23. The molecular formula is C26H22N4O5S2. The molecule has 5 rings (SSSR count). The van der Waals surface area contributed by atoms with E-state index in [1.54, 1.807) is 35.3 Å². The van der Waals surface area contributed by atoms with Gasteiger partial charge in [-0.15, -0.1) is 22.7 Å². The van der Waals surface area contributed by atoms with Gasteiger partial charge in [-0.3, -0.25) is 14.9 Å². The first-order valence-corrected chi connectivity index (χ1v) is 13.2. The molecule has 1 aliphatic heterocycles. The first kappa shape index (κ1) is 24.6. The minimum atomic E-state index is -0.475. The number of amides is 2. The fraction of sp³-hybridized carbons (Fsp3) is 0.192. The Morgan fingerprint density at radius 3 is 2.84 bits per heavy atom. The third-order valence-electron chi connectivity index (χ3n) is 5.84. The minimum Gasteiger partial charge on any atom is -0.450 e. The van der Waals surface area contributed by atoms with Crippen molar-refractivity contribution in [1.29, 1.82) is 0 Å². The summed E-state index contributed by atoms with van der Waals surface area (Å²) in [6.07, 6.45) is 3.16. The van der Waals surface area contributed by atoms with E-state index in [1.807, 2.05) is 24.3 Å². The van der Waals surface area contributed by atoms with E-state index in [4.69, 9.17) is 9.72 Å². The van der Waals surface area contributed by atoms with Crippen LogP contribution in [0.2, 0.25) is 0 Å². The van der Waals surface area contributed by atoms with Crippen molar-refractivity contribution < 1.29 is 19.2 Å². The number of ether oxygens (including phenoxy) is 1. The van der Waals surface area contributed by atoms with Crippen molar-refractivity contribution in [3.63, 3.8) is 0 Å². The highest BCUT2D eigenvalue weighted by atomic mass is 32.1. The zero-order valence-corrected chi connectivity index (χ0v) is 21.4. The largest absolute Gasteiger partial charge is 0.450 e. The number of carbonyl (C=O) groups excluding carboxylic acids is 2. The van der Waals surface area contributed by atoms with Gasteiger partial charge in [0.05, 0.1) is 28.3 Å². The molecule has 4 aromatic rings. The number of non-ortho nitro benzene ring substituents is 1. The van der Waals surface area contributed by atoms with Crippen LogP contribution in [0.3, 0.4) is 0 Å². The molecule has 3 heterocycles. The van der Waals surface area contributed by atoms with Crippen LogP contribution in [0.5, 0.6) is 0 Å². The number of thiophene rings is 1. The van der Waals surface area contributed by atoms with Gasteiger partial charge in [0.2, 0.25) is 5.91 Å². The van der Waals surface area contributed by atoms with Crippen molar-refractivity contribution >= 4 is 61.7 Å². The van der Waals surface area contributed by atoms with Crippen LogP contribution in [0.15, 0.2) is 54.6 Å². The highest BCUT2D eigenvalue weighted by Gasteiger charge is 2.29. The van der Waals surface area contributed by atoms with Crippen molar-refractivity contribution in [1.82, 2.24) is 9.88 Å². The summed E-state index contributed by atoms with van der Waals surface area (Å²) in [6.45, 7) is 3.00. The number of nitro benzene ring substituents is 1. The molecule has 11 heteroatoms. The lowest BCUT2D eigenvalue weighted by Crippen LogP contribution is -2.35. The second-order valence-electron chi connectivity index (χ2n) is 8.24. The van der Waals surface area contributed by atoms with Gasteiger partial charge in [0, 0.05) is 35.2 Å². The van der Waals surface area contributed by atoms with Crippen LogP contribution in [-0.2, 0) is 22.5 Å². The number of hydrogen-bond acceptors (Lipinski definition) is 8. The number of carbonyl (C=O) groups is 2. The molecule has 1 aliphatic rings. The van der Waals surface area contributed by atoms with E-state index in [-0.39, 0.29) is 17.7 Å². The Hall–Kier alpha value is -4.09. The van der Waals surface area contributed by atoms with Crippen LogP contribution in [0.1, 0.15) is 22.9 Å². The first-order valence-electron chi connectivity index (χ1n) is 11.6. The lowest BCUT2D eigenvalue weighted by Gasteiger charge is -2.26. The fourth-order valence-corrected chi connectivity index (χ4v) is 6.51. The molecule has 0 fully saturated rings. The fourth-order valence-electron chi connectivity index (χ4n) is 4.14. The van der Waals surface area contributed by atoms with Crippen molar-refractivity contribution in [3.05, 3.63) is 80.7 Å². The third kappa shape index (κ3) is 5.23. The van der Waals surface area contributed by atoms with Gasteiger partial charge in [0.25, 0.3) is 5.69 Å². The third-order valence-corrected chi connectivity index (χ3v) is 8.02. The molecule has 188 valence electrons. The Labute approximate surface area is 220 Å². The molecule has 37 heavy (non-hydrogen) atoms. The average Bonchev–Trinajstić information content (AvgIpc) is 3.47. The molecule has 2 aromatic heterocycles. The Balaban J connectivity index is 1.46. The van der Waals surface area contributed by atoms with E-state index in [9.17, 15) is 19.7 Å². The van der Waals surface area contributed by atoms with Crippen LogP contribution < -0.4 is 5.32 Å². The topological polar surface area (TPSA) is 115 Å². The molecule has 9 nitrogen and oxygen atoms in total. The molecule has 0 aliphatic carbocycles. The van der Waals surface area contributed by atoms with Gasteiger partial charge in [0.15, 0.2) is 0 Å². The molecular weight excluding hydrogens is 512 g/mol. The molecule has 0 spiro atoms. The molecule has 1 N–H and O–H groups in total. The smallest absolute Gasteiger partial charge is 0.410 e. The van der Waals surface area contributed by atoms with Crippen molar-refractivity contribution in [2.24, 2.45) is 0 Å². The van der Waals surface area contributed by atoms with Crippen LogP contribution in [0.4, 0.5) is 15.5 Å². The summed E-state index contributed by atoms with van der Waals surface area (Å²) in [5.74, 6) is -0.366. The van der Waals surface area contributed by atoms with Gasteiger partial charge in [-0.25, -0.2) is 9.78 Å². The van der Waals surface area contributed by atoms with Gasteiger partial charge in [0.1, 0.15) is 10.0 Å². The molecule has 0 saturated heterocycles. The number of aromatic nitrogens is 1. The zero-order chi connectivity index (χ0) is 25.9. The van der Waals surface area contributed by atoms with E-state index in [0.29, 0.717) is 36.7 Å². The van der Waals surface area contributed by atoms with Crippen LogP contribution in [0, 0.1) is 10.1 Å². The number of thiazole rings is 1. The maximum absolute atomic E-state index is 12.9. The maximum Gasteiger partial charge on any atom is 0.410 e. The molecule has 2 aromatic carbocycles. The molecule has 0 radical (unpaired) electrons. The molecule has 0 saturated carbocycles. The number of hydrogen-bond donors (Lipinski definition) is 1. The zero-order valence-electron chi connectivity index (χ0n) is 19.8. The van der Waals surface area contributed by atoms with Gasteiger partial charge < -0.3 is 15.0 Å². The maximum atomic E-state index is 12.9. The standard InChI is InChI=1S/C26H22N4O5S2/c1-2-35-26(32)29-13-12-18-21(15-29)37-25(23(18)24-27-19-8-3-4-9-20(19)36-24)28-22(31)11-10-16-6-5-7-17(14-16)30(33)34/h3-11,14H,2,12-13,15H2,1H3,(H,28,31)/b11-10+. The lowest BCUT2D eigenvalue weighted by molar-refractivity contribution is -0.384. The molecule has 0 unspecified atom stereocenters. The first-order chi connectivity index (χ1) is 17.9. The summed E-state index contributed by atoms with van der Waals surface area (Å²) < 4.78 is 6.23. The number of anilines is 1. The van der Waals surface area contributed by atoms with Gasteiger partial charge in [-0.1, -0.05) is 24.3 Å². The van der Waals surface area contributed by atoms with Gasteiger partial charge >= 0.3 is 6.09 Å². The Bertz CT molecular complexity index is 1510. The van der Waals surface area contributed by atoms with Gasteiger partial charge in [-0.2, -0.15) is 0 Å². The number of fused-ring (bicyclic) bond motifs is 2. The quantitative estimate of drug-likeness (QED) is 0.182. The number of rotatable bonds is 6. The van der Waals surface area contributed by atoms with Crippen LogP contribution in [-0.4, -0.2) is 40.0 Å². The van der Waals surface area contributed by atoms with E-state index in [2.05, 4.69) is 5.32 Å². The minimum absolute atomic E-state index is 0.0437. The number of nitrogens with one attached hydrogen (secondary N) is 1. The Morgan fingerprint density at radius 1 is 1.22 bits per heavy atom. The van der Waals surface area contributed by atoms with Crippen molar-refractivity contribution in [2.75, 3.05) is 18.5 Å². The number of benzene rings is 2. The normalized spacial score (nSPS) is 13.1. The SMILES string of the molecule is CCOC(=O)N1CCc2c(sc(NC(=O)/C=C/c3cccc([N+](=O)[O-])c3)c2-c2nc3ccccc3s2)C1. The summed E-state index contributed by atoms with van der Waals surface area (Å²) in [5, 5.41) is 15.5. The van der Waals surface area contributed by atoms with E-state index < -0.39 is 4.92 Å². The molecule has 2 amide bonds. The van der Waals surface area contributed by atoms with Crippen LogP contribution >= 0.6 is 22.7 Å². The van der Waals surface area contributed by atoms with E-state index in [1.165, 1.54) is 35.6 Å². The summed E-state index contributed by atoms with van der Waals surface area (Å²) >= 11 is 2.98. The summed E-state index contributed by atoms with van der Waals surface area (Å²) in [4.78, 5) is 43.3. The monoisotopic (exact) mass is 534 g/mol. The van der Waals surface area contributed by atoms with Crippen molar-refractivity contribution in [3.8, 4) is 10.6 Å². The lowest BCUT2D eigenvalue weighted by atomic mass is 10.0. The van der Waals surface area contributed by atoms with Gasteiger partial charge in [-0.05, 0) is 42.7 Å². The summed E-state index contributed by atoms with van der Waals surface area (Å²) in [5.41, 5.74) is 3.34. The van der Waals surface area contributed by atoms with E-state index in [0.717, 1.165) is 31.2 Å². The summed E-state index contributed by atoms with van der Waals surface area (Å²) in [6, 6.07) is 13.9. The average molecular weight is 535 g/mol. The number of nitrogens with zero attached hydrogens (tertiary/aromatic N) is 3. The second kappa shape index (κ2) is 10.5. The van der Waals surface area contributed by atoms with Crippen molar-refractivity contribution in [2.45, 2.75) is 19.9 Å². The van der Waals surface area contributed by atoms with Crippen LogP contribution in [0.25, 0.3) is 26.9 Å². The Kier molecular flexibility index (Phi) is 6.97. The second-order valence-corrected chi connectivity index (χ2v) is 10.4. The predicted octanol–water partition coefficient (Wildman–Crippen LogP) is 6.10. The summed E-state index contributed by atoms with van der Waals surface area (Å²) in [7, 11) is 0. The highest BCUT2D eigenvalue weighted by Crippen LogP contribution is 2.45. The predicted molar refractivity (Wildman–Crippen MR) is 145 cm³/mol. The molecule has 0 atom stereocenters.